The Bertz CT molecular complexity index is 929. The van der Waals surface area contributed by atoms with Crippen LogP contribution in [0.3, 0.4) is 0 Å². The molecule has 0 saturated heterocycles. The molecule has 1 aliphatic rings. The molecular formula is C25H30F2N2O3. The fourth-order valence-electron chi connectivity index (χ4n) is 3.53. The molecule has 0 saturated carbocycles. The van der Waals surface area contributed by atoms with E-state index >= 15 is 0 Å². The Morgan fingerprint density at radius 3 is 2.47 bits per heavy atom. The quantitative estimate of drug-likeness (QED) is 0.548. The summed E-state index contributed by atoms with van der Waals surface area (Å²) in [4.78, 5) is 17.1. The van der Waals surface area contributed by atoms with Gasteiger partial charge < -0.3 is 14.9 Å². The highest BCUT2D eigenvalue weighted by atomic mass is 19.3. The van der Waals surface area contributed by atoms with Crippen LogP contribution in [0.25, 0.3) is 0 Å². The summed E-state index contributed by atoms with van der Waals surface area (Å²) < 4.78 is 30.6. The van der Waals surface area contributed by atoms with Gasteiger partial charge in [0.2, 0.25) is 0 Å². The summed E-state index contributed by atoms with van der Waals surface area (Å²) in [5.41, 5.74) is 3.33. The van der Waals surface area contributed by atoms with E-state index in [0.717, 1.165) is 30.7 Å². The van der Waals surface area contributed by atoms with Gasteiger partial charge in [0.25, 0.3) is 5.91 Å². The van der Waals surface area contributed by atoms with Crippen LogP contribution < -0.4 is 14.9 Å². The van der Waals surface area contributed by atoms with Crippen LogP contribution in [-0.4, -0.2) is 36.6 Å². The standard InChI is InChI=1S/C25H30F2N2O3/c1-17(2)31-23-6-4-5-20(16-23)15-19-11-13-29(14-12-19)32-22-9-7-21(8-10-22)18(3)28-25(30)24(26)27/h4-11,16-18,24H,12-15H2,1-3H3,(H,28,30). The van der Waals surface area contributed by atoms with Crippen molar-refractivity contribution < 1.29 is 23.1 Å². The molecule has 0 aromatic heterocycles. The zero-order valence-electron chi connectivity index (χ0n) is 18.7. The number of amides is 1. The first-order valence-electron chi connectivity index (χ1n) is 10.8. The van der Waals surface area contributed by atoms with Crippen LogP contribution >= 0.6 is 0 Å². The van der Waals surface area contributed by atoms with Crippen molar-refractivity contribution >= 4 is 5.91 Å². The number of hydroxylamine groups is 2. The number of nitrogens with one attached hydrogen (secondary N) is 1. The van der Waals surface area contributed by atoms with Crippen molar-refractivity contribution in [1.82, 2.24) is 10.4 Å². The van der Waals surface area contributed by atoms with E-state index in [4.69, 9.17) is 9.57 Å². The van der Waals surface area contributed by atoms with Crippen molar-refractivity contribution in [1.29, 1.82) is 0 Å². The zero-order valence-corrected chi connectivity index (χ0v) is 18.7. The fraction of sp³-hybridized carbons (Fsp3) is 0.400. The SMILES string of the molecule is CC(C)Oc1cccc(CC2=CCN(Oc3ccc(C(C)NC(=O)C(F)F)cc3)CC2)c1. The lowest BCUT2D eigenvalue weighted by molar-refractivity contribution is -0.132. The number of benzene rings is 2. The van der Waals surface area contributed by atoms with Crippen LogP contribution in [0.4, 0.5) is 8.78 Å². The van der Waals surface area contributed by atoms with Crippen molar-refractivity contribution in [3.63, 3.8) is 0 Å². The minimum atomic E-state index is -3.02. The summed E-state index contributed by atoms with van der Waals surface area (Å²) in [6, 6.07) is 14.8. The number of hydrogen-bond donors (Lipinski definition) is 1. The van der Waals surface area contributed by atoms with E-state index in [1.807, 2.05) is 31.0 Å². The van der Waals surface area contributed by atoms with Gasteiger partial charge in [-0.3, -0.25) is 4.79 Å². The second kappa shape index (κ2) is 11.1. The molecular weight excluding hydrogens is 414 g/mol. The summed E-state index contributed by atoms with van der Waals surface area (Å²) in [5, 5.41) is 4.17. The predicted molar refractivity (Wildman–Crippen MR) is 120 cm³/mol. The first-order valence-corrected chi connectivity index (χ1v) is 10.8. The van der Waals surface area contributed by atoms with Gasteiger partial charge in [-0.1, -0.05) is 35.9 Å². The molecule has 7 heteroatoms. The molecule has 1 aliphatic heterocycles. The predicted octanol–water partition coefficient (Wildman–Crippen LogP) is 5.08. The lowest BCUT2D eigenvalue weighted by Gasteiger charge is -2.26. The number of alkyl halides is 2. The van der Waals surface area contributed by atoms with Crippen molar-refractivity contribution in [3.05, 3.63) is 71.3 Å². The molecule has 3 rings (SSSR count). The summed E-state index contributed by atoms with van der Waals surface area (Å²) in [5.74, 6) is 0.287. The van der Waals surface area contributed by atoms with Crippen LogP contribution in [0.15, 0.2) is 60.2 Å². The van der Waals surface area contributed by atoms with Gasteiger partial charge in [0.1, 0.15) is 11.5 Å². The minimum Gasteiger partial charge on any atom is -0.491 e. The highest BCUT2D eigenvalue weighted by molar-refractivity contribution is 5.79. The Balaban J connectivity index is 1.50. The van der Waals surface area contributed by atoms with E-state index in [-0.39, 0.29) is 6.10 Å². The van der Waals surface area contributed by atoms with Crippen molar-refractivity contribution in [3.8, 4) is 11.5 Å². The highest BCUT2D eigenvalue weighted by Gasteiger charge is 2.18. The molecule has 5 nitrogen and oxygen atoms in total. The van der Waals surface area contributed by atoms with E-state index in [2.05, 4.69) is 23.5 Å². The molecule has 1 atom stereocenters. The van der Waals surface area contributed by atoms with Gasteiger partial charge in [0.15, 0.2) is 0 Å². The molecule has 0 radical (unpaired) electrons. The molecule has 1 N–H and O–H groups in total. The fourth-order valence-corrected chi connectivity index (χ4v) is 3.53. The summed E-state index contributed by atoms with van der Waals surface area (Å²) in [7, 11) is 0. The minimum absolute atomic E-state index is 0.151. The Morgan fingerprint density at radius 1 is 1.09 bits per heavy atom. The maximum atomic E-state index is 12.4. The number of carbonyl (C=O) groups is 1. The summed E-state index contributed by atoms with van der Waals surface area (Å²) in [6.45, 7) is 7.16. The molecule has 172 valence electrons. The molecule has 0 bridgehead atoms. The number of carbonyl (C=O) groups excluding carboxylic acids is 1. The van der Waals surface area contributed by atoms with Gasteiger partial charge in [0, 0.05) is 6.54 Å². The number of rotatable bonds is 9. The van der Waals surface area contributed by atoms with Gasteiger partial charge in [-0.05, 0) is 69.0 Å². The van der Waals surface area contributed by atoms with Gasteiger partial charge >= 0.3 is 6.43 Å². The normalized spacial score (nSPS) is 15.4. The van der Waals surface area contributed by atoms with Gasteiger partial charge in [-0.2, -0.15) is 8.78 Å². The summed E-state index contributed by atoms with van der Waals surface area (Å²) in [6.07, 6.45) is 1.12. The lowest BCUT2D eigenvalue weighted by Crippen LogP contribution is -2.32. The van der Waals surface area contributed by atoms with E-state index in [1.54, 1.807) is 31.2 Å². The average molecular weight is 445 g/mol. The molecule has 2 aromatic carbocycles. The molecule has 0 fully saturated rings. The van der Waals surface area contributed by atoms with Crippen LogP contribution in [0.5, 0.6) is 11.5 Å². The Labute approximate surface area is 188 Å². The third kappa shape index (κ3) is 7.05. The summed E-state index contributed by atoms with van der Waals surface area (Å²) >= 11 is 0. The Morgan fingerprint density at radius 2 is 1.84 bits per heavy atom. The van der Waals surface area contributed by atoms with E-state index in [0.29, 0.717) is 12.3 Å². The second-order valence-electron chi connectivity index (χ2n) is 8.18. The first kappa shape index (κ1) is 23.7. The maximum Gasteiger partial charge on any atom is 0.315 e. The smallest absolute Gasteiger partial charge is 0.315 e. The van der Waals surface area contributed by atoms with Gasteiger partial charge in [-0.25, -0.2) is 0 Å². The number of hydrogen-bond acceptors (Lipinski definition) is 4. The zero-order chi connectivity index (χ0) is 23.1. The maximum absolute atomic E-state index is 12.4. The average Bonchev–Trinajstić information content (AvgIpc) is 2.75. The third-order valence-electron chi connectivity index (χ3n) is 5.14. The molecule has 1 heterocycles. The second-order valence-corrected chi connectivity index (χ2v) is 8.18. The van der Waals surface area contributed by atoms with Crippen LogP contribution in [0.2, 0.25) is 0 Å². The lowest BCUT2D eigenvalue weighted by atomic mass is 10.00. The third-order valence-corrected chi connectivity index (χ3v) is 5.14. The van der Waals surface area contributed by atoms with Gasteiger partial charge in [-0.15, -0.1) is 5.06 Å². The highest BCUT2D eigenvalue weighted by Crippen LogP contribution is 2.23. The monoisotopic (exact) mass is 444 g/mol. The van der Waals surface area contributed by atoms with Crippen molar-refractivity contribution in [2.75, 3.05) is 13.1 Å². The molecule has 1 amide bonds. The first-order chi connectivity index (χ1) is 15.3. The van der Waals surface area contributed by atoms with Gasteiger partial charge in [0.05, 0.1) is 18.7 Å². The topological polar surface area (TPSA) is 50.8 Å². The van der Waals surface area contributed by atoms with Crippen molar-refractivity contribution in [2.24, 2.45) is 0 Å². The van der Waals surface area contributed by atoms with Crippen LogP contribution in [-0.2, 0) is 11.2 Å². The van der Waals surface area contributed by atoms with Crippen molar-refractivity contribution in [2.45, 2.75) is 52.2 Å². The van der Waals surface area contributed by atoms with E-state index in [9.17, 15) is 13.6 Å². The molecule has 0 aliphatic carbocycles. The van der Waals surface area contributed by atoms with E-state index < -0.39 is 18.4 Å². The molecule has 1 unspecified atom stereocenters. The molecule has 0 spiro atoms. The van der Waals surface area contributed by atoms with Crippen LogP contribution in [0, 0.1) is 0 Å². The number of nitrogens with zero attached hydrogens (tertiary/aromatic N) is 1. The Kier molecular flexibility index (Phi) is 8.22. The largest absolute Gasteiger partial charge is 0.491 e. The Hall–Kier alpha value is -2.93. The molecule has 2 aromatic rings. The van der Waals surface area contributed by atoms with Crippen LogP contribution in [0.1, 0.15) is 44.4 Å². The number of ether oxygens (including phenoxy) is 1. The van der Waals surface area contributed by atoms with E-state index in [1.165, 1.54) is 11.1 Å². The molecule has 32 heavy (non-hydrogen) atoms. The number of halogens is 2.